The van der Waals surface area contributed by atoms with Gasteiger partial charge < -0.3 is 15.0 Å². The van der Waals surface area contributed by atoms with E-state index in [1.54, 1.807) is 18.5 Å². The van der Waals surface area contributed by atoms with E-state index in [1.807, 2.05) is 0 Å². The molecule has 88 valence electrons. The zero-order valence-electron chi connectivity index (χ0n) is 8.60. The molecule has 7 heteroatoms. The minimum absolute atomic E-state index is 0. The Morgan fingerprint density at radius 3 is 2.60 bits per heavy atom. The van der Waals surface area contributed by atoms with Gasteiger partial charge in [-0.25, -0.2) is 9.78 Å². The van der Waals surface area contributed by atoms with Crippen LogP contribution in [0.4, 0.5) is 0 Å². The van der Waals surface area contributed by atoms with Gasteiger partial charge in [-0.05, 0) is 6.92 Å². The summed E-state index contributed by atoms with van der Waals surface area (Å²) in [7, 11) is 1.74. The van der Waals surface area contributed by atoms with E-state index in [9.17, 15) is 4.79 Å². The van der Waals surface area contributed by atoms with E-state index in [-0.39, 0.29) is 30.8 Å². The fraction of sp³-hybridized carbons (Fsp3) is 0.500. The third kappa shape index (κ3) is 3.70. The fourth-order valence-electron chi connectivity index (χ4n) is 1.03. The number of hydrogen-bond acceptors (Lipinski definition) is 4. The van der Waals surface area contributed by atoms with E-state index < -0.39 is 0 Å². The van der Waals surface area contributed by atoms with Crippen molar-refractivity contribution in [3.05, 3.63) is 17.7 Å². The Labute approximate surface area is 101 Å². The molecule has 0 aliphatic rings. The molecule has 0 aromatic carbocycles. The van der Waals surface area contributed by atoms with Crippen LogP contribution in [0.25, 0.3) is 0 Å². The Morgan fingerprint density at radius 1 is 1.60 bits per heavy atom. The maximum absolute atomic E-state index is 11.3. The number of ether oxygens (including phenoxy) is 1. The Morgan fingerprint density at radius 2 is 2.20 bits per heavy atom. The van der Waals surface area contributed by atoms with E-state index in [0.29, 0.717) is 24.7 Å². The second kappa shape index (κ2) is 7.50. The minimum Gasteiger partial charge on any atom is -0.461 e. The van der Waals surface area contributed by atoms with Crippen LogP contribution in [0.5, 0.6) is 0 Å². The van der Waals surface area contributed by atoms with Crippen LogP contribution in [0.3, 0.4) is 0 Å². The molecule has 0 spiro atoms. The van der Waals surface area contributed by atoms with Crippen molar-refractivity contribution in [1.82, 2.24) is 9.55 Å². The number of aromatic nitrogens is 2. The Hall–Kier alpha value is -0.780. The Kier molecular flexibility index (Phi) is 8.33. The van der Waals surface area contributed by atoms with Crippen molar-refractivity contribution in [2.75, 3.05) is 6.61 Å². The minimum atomic E-state index is -0.364. The lowest BCUT2D eigenvalue weighted by Gasteiger charge is -2.03. The van der Waals surface area contributed by atoms with Crippen LogP contribution < -0.4 is 5.73 Å². The molecule has 5 nitrogen and oxygen atoms in total. The van der Waals surface area contributed by atoms with Crippen molar-refractivity contribution in [1.29, 1.82) is 0 Å². The predicted molar refractivity (Wildman–Crippen MR) is 61.6 cm³/mol. The first-order chi connectivity index (χ1) is 6.20. The normalized spacial score (nSPS) is 8.73. The van der Waals surface area contributed by atoms with Gasteiger partial charge in [0.2, 0.25) is 0 Å². The highest BCUT2D eigenvalue weighted by atomic mass is 35.5. The summed E-state index contributed by atoms with van der Waals surface area (Å²) in [6.45, 7) is 2.44. The number of imidazole rings is 1. The maximum atomic E-state index is 11.3. The number of nitrogens with zero attached hydrogens (tertiary/aromatic N) is 2. The standard InChI is InChI=1S/C8H13N3O2.2ClH/c1-3-13-8(12)6-5-10-7(4-9)11(6)2;;/h5H,3-4,9H2,1-2H3;2*1H. The number of carbonyl (C=O) groups is 1. The van der Waals surface area contributed by atoms with Crippen molar-refractivity contribution in [3.63, 3.8) is 0 Å². The molecule has 1 rings (SSSR count). The highest BCUT2D eigenvalue weighted by molar-refractivity contribution is 5.87. The van der Waals surface area contributed by atoms with Crippen molar-refractivity contribution in [2.24, 2.45) is 12.8 Å². The summed E-state index contributed by atoms with van der Waals surface area (Å²) in [6, 6.07) is 0. The van der Waals surface area contributed by atoms with Crippen molar-refractivity contribution < 1.29 is 9.53 Å². The molecule has 0 radical (unpaired) electrons. The van der Waals surface area contributed by atoms with Gasteiger partial charge in [-0.15, -0.1) is 24.8 Å². The molecule has 0 saturated carbocycles. The predicted octanol–water partition coefficient (Wildman–Crippen LogP) is 0.899. The first-order valence-corrected chi connectivity index (χ1v) is 4.08. The zero-order chi connectivity index (χ0) is 9.84. The van der Waals surface area contributed by atoms with Gasteiger partial charge in [-0.3, -0.25) is 0 Å². The number of hydrogen-bond donors (Lipinski definition) is 1. The monoisotopic (exact) mass is 255 g/mol. The molecule has 0 aliphatic heterocycles. The summed E-state index contributed by atoms with van der Waals surface area (Å²) in [5.41, 5.74) is 5.84. The molecule has 0 bridgehead atoms. The highest BCUT2D eigenvalue weighted by Crippen LogP contribution is 2.03. The fourth-order valence-corrected chi connectivity index (χ4v) is 1.03. The lowest BCUT2D eigenvalue weighted by atomic mass is 10.5. The summed E-state index contributed by atoms with van der Waals surface area (Å²) in [4.78, 5) is 15.2. The molecule has 0 saturated heterocycles. The van der Waals surface area contributed by atoms with Gasteiger partial charge in [0.1, 0.15) is 11.5 Å². The second-order valence-corrected chi connectivity index (χ2v) is 2.54. The van der Waals surface area contributed by atoms with Crippen LogP contribution >= 0.6 is 24.8 Å². The van der Waals surface area contributed by atoms with Gasteiger partial charge in [0, 0.05) is 7.05 Å². The summed E-state index contributed by atoms with van der Waals surface area (Å²) < 4.78 is 6.46. The molecule has 0 amide bonds. The lowest BCUT2D eigenvalue weighted by molar-refractivity contribution is 0.0515. The summed E-state index contributed by atoms with van der Waals surface area (Å²) in [6.07, 6.45) is 1.47. The molecular weight excluding hydrogens is 241 g/mol. The smallest absolute Gasteiger partial charge is 0.356 e. The molecule has 0 fully saturated rings. The van der Waals surface area contributed by atoms with Crippen LogP contribution in [-0.2, 0) is 18.3 Å². The largest absolute Gasteiger partial charge is 0.461 e. The number of carbonyl (C=O) groups excluding carboxylic acids is 1. The van der Waals surface area contributed by atoms with Gasteiger partial charge in [0.15, 0.2) is 0 Å². The van der Waals surface area contributed by atoms with Crippen LogP contribution in [0.15, 0.2) is 6.20 Å². The maximum Gasteiger partial charge on any atom is 0.356 e. The first kappa shape index (κ1) is 16.6. The van der Waals surface area contributed by atoms with E-state index in [1.165, 1.54) is 6.20 Å². The van der Waals surface area contributed by atoms with E-state index in [4.69, 9.17) is 10.5 Å². The molecular formula is C8H15Cl2N3O2. The number of nitrogens with two attached hydrogens (primary N) is 1. The van der Waals surface area contributed by atoms with E-state index in [2.05, 4.69) is 4.98 Å². The van der Waals surface area contributed by atoms with Crippen LogP contribution in [0.2, 0.25) is 0 Å². The Bertz CT molecular complexity index is 315. The lowest BCUT2D eigenvalue weighted by Crippen LogP contribution is -2.12. The number of rotatable bonds is 3. The number of esters is 1. The first-order valence-electron chi connectivity index (χ1n) is 4.08. The van der Waals surface area contributed by atoms with Crippen molar-refractivity contribution in [3.8, 4) is 0 Å². The van der Waals surface area contributed by atoms with Gasteiger partial charge in [-0.1, -0.05) is 0 Å². The molecule has 0 atom stereocenters. The zero-order valence-corrected chi connectivity index (χ0v) is 10.2. The average Bonchev–Trinajstić information content (AvgIpc) is 2.47. The third-order valence-electron chi connectivity index (χ3n) is 1.75. The van der Waals surface area contributed by atoms with E-state index in [0.717, 1.165) is 0 Å². The Balaban J connectivity index is 0. The van der Waals surface area contributed by atoms with Crippen LogP contribution in [0, 0.1) is 0 Å². The van der Waals surface area contributed by atoms with E-state index >= 15 is 0 Å². The molecule has 0 aliphatic carbocycles. The second-order valence-electron chi connectivity index (χ2n) is 2.54. The van der Waals surface area contributed by atoms with Gasteiger partial charge in [-0.2, -0.15) is 0 Å². The molecule has 1 heterocycles. The van der Waals surface area contributed by atoms with Gasteiger partial charge >= 0.3 is 5.97 Å². The highest BCUT2D eigenvalue weighted by Gasteiger charge is 2.13. The SMILES string of the molecule is CCOC(=O)c1cnc(CN)n1C.Cl.Cl. The number of halogens is 2. The quantitative estimate of drug-likeness (QED) is 0.815. The topological polar surface area (TPSA) is 70.1 Å². The average molecular weight is 256 g/mol. The van der Waals surface area contributed by atoms with Gasteiger partial charge in [0.05, 0.1) is 19.3 Å². The van der Waals surface area contributed by atoms with Crippen LogP contribution in [0.1, 0.15) is 23.2 Å². The summed E-state index contributed by atoms with van der Waals surface area (Å²) >= 11 is 0. The van der Waals surface area contributed by atoms with Crippen molar-refractivity contribution in [2.45, 2.75) is 13.5 Å². The van der Waals surface area contributed by atoms with Gasteiger partial charge in [0.25, 0.3) is 0 Å². The molecule has 1 aromatic heterocycles. The molecule has 15 heavy (non-hydrogen) atoms. The molecule has 2 N–H and O–H groups in total. The van der Waals surface area contributed by atoms with Crippen LogP contribution in [-0.4, -0.2) is 22.1 Å². The summed E-state index contributed by atoms with van der Waals surface area (Å²) in [5.74, 6) is 0.306. The molecule has 0 unspecified atom stereocenters. The molecule has 1 aromatic rings. The third-order valence-corrected chi connectivity index (χ3v) is 1.75. The van der Waals surface area contributed by atoms with Crippen molar-refractivity contribution >= 4 is 30.8 Å². The summed E-state index contributed by atoms with van der Waals surface area (Å²) in [5, 5.41) is 0.